The van der Waals surface area contributed by atoms with E-state index >= 15 is 0 Å². The number of hydrogen-bond acceptors (Lipinski definition) is 3. The van der Waals surface area contributed by atoms with Crippen molar-refractivity contribution in [2.24, 2.45) is 0 Å². The Hall–Kier alpha value is -1.98. The monoisotopic (exact) mass is 318 g/mol. The molecule has 0 aliphatic carbocycles. The molecular formula is C17H18O4S. The second-order valence-corrected chi connectivity index (χ2v) is 6.85. The van der Waals surface area contributed by atoms with E-state index in [9.17, 15) is 17.8 Å². The van der Waals surface area contributed by atoms with Crippen molar-refractivity contribution < 1.29 is 17.8 Å². The van der Waals surface area contributed by atoms with Crippen molar-refractivity contribution in [2.75, 3.05) is 0 Å². The third kappa shape index (κ3) is 4.79. The summed E-state index contributed by atoms with van der Waals surface area (Å²) in [6.07, 6.45) is 0.491. The van der Waals surface area contributed by atoms with E-state index in [1.807, 2.05) is 30.3 Å². The minimum atomic E-state index is -4.26. The lowest BCUT2D eigenvalue weighted by Gasteiger charge is -2.13. The van der Waals surface area contributed by atoms with E-state index in [2.05, 4.69) is 0 Å². The zero-order valence-electron chi connectivity index (χ0n) is 12.1. The van der Waals surface area contributed by atoms with Crippen molar-refractivity contribution in [3.05, 3.63) is 71.8 Å². The molecule has 0 radical (unpaired) electrons. The summed E-state index contributed by atoms with van der Waals surface area (Å²) in [6.45, 7) is 0. The molecule has 2 rings (SSSR count). The maximum absolute atomic E-state index is 12.1. The molecule has 1 unspecified atom stereocenters. The summed E-state index contributed by atoms with van der Waals surface area (Å²) in [6, 6.07) is 17.9. The van der Waals surface area contributed by atoms with Gasteiger partial charge in [0.25, 0.3) is 10.1 Å². The van der Waals surface area contributed by atoms with Gasteiger partial charge in [-0.05, 0) is 18.4 Å². The van der Waals surface area contributed by atoms with Crippen LogP contribution in [0.25, 0.3) is 0 Å². The van der Waals surface area contributed by atoms with E-state index in [0.29, 0.717) is 12.0 Å². The highest BCUT2D eigenvalue weighted by Crippen LogP contribution is 2.16. The van der Waals surface area contributed by atoms with Crippen molar-refractivity contribution >= 4 is 15.9 Å². The van der Waals surface area contributed by atoms with Crippen LogP contribution in [0.3, 0.4) is 0 Å². The molecule has 1 atom stereocenters. The van der Waals surface area contributed by atoms with E-state index in [1.165, 1.54) is 0 Å². The van der Waals surface area contributed by atoms with Crippen LogP contribution >= 0.6 is 0 Å². The van der Waals surface area contributed by atoms with Crippen LogP contribution < -0.4 is 0 Å². The maximum Gasteiger partial charge on any atom is 0.268 e. The van der Waals surface area contributed by atoms with Gasteiger partial charge in [0.15, 0.2) is 5.78 Å². The van der Waals surface area contributed by atoms with Crippen LogP contribution in [0.4, 0.5) is 0 Å². The molecule has 4 nitrogen and oxygen atoms in total. The molecule has 0 bridgehead atoms. The quantitative estimate of drug-likeness (QED) is 0.629. The molecule has 5 heteroatoms. The van der Waals surface area contributed by atoms with Crippen LogP contribution in [0.15, 0.2) is 60.7 Å². The van der Waals surface area contributed by atoms with Crippen LogP contribution in [0.1, 0.15) is 28.8 Å². The standard InChI is InChI=1S/C17H18O4S/c18-17(15-9-5-2-6-10-15)13-16(22(19,20)21)12-11-14-7-3-1-4-8-14/h1-10,16H,11-13H2,(H,19,20,21). The van der Waals surface area contributed by atoms with Gasteiger partial charge in [-0.2, -0.15) is 8.42 Å². The first-order valence-electron chi connectivity index (χ1n) is 7.05. The summed E-state index contributed by atoms with van der Waals surface area (Å²) in [5, 5.41) is -1.08. The molecule has 0 aliphatic heterocycles. The van der Waals surface area contributed by atoms with Crippen molar-refractivity contribution in [3.63, 3.8) is 0 Å². The van der Waals surface area contributed by atoms with Gasteiger partial charge in [-0.15, -0.1) is 0 Å². The van der Waals surface area contributed by atoms with Crippen LogP contribution in [-0.2, 0) is 16.5 Å². The summed E-state index contributed by atoms with van der Waals surface area (Å²) in [4.78, 5) is 12.1. The molecule has 0 saturated carbocycles. The average molecular weight is 318 g/mol. The lowest BCUT2D eigenvalue weighted by molar-refractivity contribution is 0.0979. The van der Waals surface area contributed by atoms with Crippen LogP contribution in [0, 0.1) is 0 Å². The lowest BCUT2D eigenvalue weighted by Crippen LogP contribution is -2.24. The molecule has 0 aromatic heterocycles. The SMILES string of the molecule is O=C(CC(CCc1ccccc1)S(=O)(=O)O)c1ccccc1. The number of rotatable bonds is 7. The molecule has 0 saturated heterocycles. The fraction of sp³-hybridized carbons (Fsp3) is 0.235. The Labute approximate surface area is 130 Å². The zero-order valence-corrected chi connectivity index (χ0v) is 12.9. The molecule has 2 aromatic carbocycles. The van der Waals surface area contributed by atoms with E-state index in [1.54, 1.807) is 30.3 Å². The first-order chi connectivity index (χ1) is 10.5. The summed E-state index contributed by atoms with van der Waals surface area (Å²) < 4.78 is 32.4. The zero-order chi connectivity index (χ0) is 16.0. The second kappa shape index (κ2) is 7.33. The molecule has 2 aromatic rings. The highest BCUT2D eigenvalue weighted by atomic mass is 32.2. The molecule has 0 amide bonds. The first-order valence-corrected chi connectivity index (χ1v) is 8.55. The van der Waals surface area contributed by atoms with E-state index < -0.39 is 15.4 Å². The number of benzene rings is 2. The Morgan fingerprint density at radius 3 is 2.05 bits per heavy atom. The molecular weight excluding hydrogens is 300 g/mol. The summed E-state index contributed by atoms with van der Waals surface area (Å²) in [5.41, 5.74) is 1.43. The molecule has 0 spiro atoms. The molecule has 1 N–H and O–H groups in total. The molecule has 0 heterocycles. The van der Waals surface area contributed by atoms with E-state index in [-0.39, 0.29) is 18.6 Å². The highest BCUT2D eigenvalue weighted by Gasteiger charge is 2.26. The van der Waals surface area contributed by atoms with Crippen LogP contribution in [-0.4, -0.2) is 24.0 Å². The normalized spacial score (nSPS) is 12.8. The lowest BCUT2D eigenvalue weighted by atomic mass is 10.0. The van der Waals surface area contributed by atoms with Gasteiger partial charge in [-0.25, -0.2) is 0 Å². The number of aryl methyl sites for hydroxylation is 1. The van der Waals surface area contributed by atoms with Crippen molar-refractivity contribution in [1.82, 2.24) is 0 Å². The predicted octanol–water partition coefficient (Wildman–Crippen LogP) is 3.15. The highest BCUT2D eigenvalue weighted by molar-refractivity contribution is 7.86. The van der Waals surface area contributed by atoms with Crippen molar-refractivity contribution in [1.29, 1.82) is 0 Å². The second-order valence-electron chi connectivity index (χ2n) is 5.15. The van der Waals surface area contributed by atoms with Crippen molar-refractivity contribution in [3.8, 4) is 0 Å². The largest absolute Gasteiger partial charge is 0.294 e. The van der Waals surface area contributed by atoms with Gasteiger partial charge in [-0.3, -0.25) is 9.35 Å². The number of Topliss-reactive ketones (excluding diaryl/α,β-unsaturated/α-hetero) is 1. The Kier molecular flexibility index (Phi) is 5.46. The summed E-state index contributed by atoms with van der Waals surface area (Å²) in [5.74, 6) is -0.281. The Morgan fingerprint density at radius 2 is 1.50 bits per heavy atom. The van der Waals surface area contributed by atoms with Gasteiger partial charge < -0.3 is 0 Å². The number of ketones is 1. The Balaban J connectivity index is 2.06. The summed E-state index contributed by atoms with van der Waals surface area (Å²) in [7, 11) is -4.26. The minimum Gasteiger partial charge on any atom is -0.294 e. The van der Waals surface area contributed by atoms with Gasteiger partial charge in [0.1, 0.15) is 0 Å². The first kappa shape index (κ1) is 16.4. The summed E-state index contributed by atoms with van der Waals surface area (Å²) >= 11 is 0. The van der Waals surface area contributed by atoms with Gasteiger partial charge in [0, 0.05) is 12.0 Å². The van der Waals surface area contributed by atoms with Gasteiger partial charge in [0.05, 0.1) is 5.25 Å². The topological polar surface area (TPSA) is 71.4 Å². The van der Waals surface area contributed by atoms with Crippen LogP contribution in [0.5, 0.6) is 0 Å². The Morgan fingerprint density at radius 1 is 0.955 bits per heavy atom. The molecule has 116 valence electrons. The van der Waals surface area contributed by atoms with Crippen LogP contribution in [0.2, 0.25) is 0 Å². The third-order valence-electron chi connectivity index (χ3n) is 3.53. The maximum atomic E-state index is 12.1. The fourth-order valence-electron chi connectivity index (χ4n) is 2.28. The van der Waals surface area contributed by atoms with Gasteiger partial charge in [-0.1, -0.05) is 60.7 Å². The van der Waals surface area contributed by atoms with Gasteiger partial charge in [0.2, 0.25) is 0 Å². The van der Waals surface area contributed by atoms with E-state index in [0.717, 1.165) is 5.56 Å². The average Bonchev–Trinajstić information content (AvgIpc) is 2.52. The molecule has 22 heavy (non-hydrogen) atoms. The Bertz CT molecular complexity index is 709. The smallest absolute Gasteiger partial charge is 0.268 e. The number of carbonyl (C=O) groups is 1. The third-order valence-corrected chi connectivity index (χ3v) is 4.77. The minimum absolute atomic E-state index is 0.210. The predicted molar refractivity (Wildman–Crippen MR) is 85.5 cm³/mol. The molecule has 0 fully saturated rings. The van der Waals surface area contributed by atoms with Crippen molar-refractivity contribution in [2.45, 2.75) is 24.5 Å². The number of hydrogen-bond donors (Lipinski definition) is 1. The molecule has 0 aliphatic rings. The fourth-order valence-corrected chi connectivity index (χ4v) is 3.06. The number of carbonyl (C=O) groups excluding carboxylic acids is 1. The van der Waals surface area contributed by atoms with Gasteiger partial charge >= 0.3 is 0 Å². The van der Waals surface area contributed by atoms with E-state index in [4.69, 9.17) is 0 Å².